The summed E-state index contributed by atoms with van der Waals surface area (Å²) in [5.41, 5.74) is 0. The Morgan fingerprint density at radius 3 is 2.35 bits per heavy atom. The zero-order chi connectivity index (χ0) is 12.8. The van der Waals surface area contributed by atoms with Gasteiger partial charge in [0.15, 0.2) is 0 Å². The summed E-state index contributed by atoms with van der Waals surface area (Å²) >= 11 is 5.58. The molecule has 0 aromatic rings. The Kier molecular flexibility index (Phi) is 12.8. The molecule has 98 valence electrons. The largest absolute Gasteiger partial charge is 0.466 e. The van der Waals surface area contributed by atoms with Crippen molar-refractivity contribution in [1.29, 1.82) is 0 Å². The first-order valence-electron chi connectivity index (χ1n) is 6.46. The number of hydrogen-bond donors (Lipinski definition) is 0. The molecule has 0 aromatic heterocycles. The van der Waals surface area contributed by atoms with E-state index in [0.717, 1.165) is 31.6 Å². The van der Waals surface area contributed by atoms with E-state index in [2.05, 4.69) is 5.92 Å². The van der Waals surface area contributed by atoms with Crippen molar-refractivity contribution in [1.82, 2.24) is 0 Å². The summed E-state index contributed by atoms with van der Waals surface area (Å²) in [6.45, 7) is 0.457. The fourth-order valence-electron chi connectivity index (χ4n) is 1.50. The van der Waals surface area contributed by atoms with Crippen LogP contribution in [-0.4, -0.2) is 18.5 Å². The van der Waals surface area contributed by atoms with Crippen molar-refractivity contribution >= 4 is 17.6 Å². The predicted octanol–water partition coefficient (Wildman–Crippen LogP) is 3.91. The molecule has 0 saturated carbocycles. The molecule has 0 aliphatic rings. The van der Waals surface area contributed by atoms with Crippen LogP contribution >= 0.6 is 11.6 Å². The third kappa shape index (κ3) is 13.3. The zero-order valence-electron chi connectivity index (χ0n) is 10.5. The summed E-state index contributed by atoms with van der Waals surface area (Å²) in [4.78, 5) is 11.3. The van der Waals surface area contributed by atoms with E-state index in [9.17, 15) is 4.79 Å². The lowest BCUT2D eigenvalue weighted by Crippen LogP contribution is -2.05. The van der Waals surface area contributed by atoms with E-state index < -0.39 is 0 Å². The van der Waals surface area contributed by atoms with Crippen molar-refractivity contribution < 1.29 is 9.53 Å². The lowest BCUT2D eigenvalue weighted by molar-refractivity contribution is -0.143. The maximum Gasteiger partial charge on any atom is 0.305 e. The first kappa shape index (κ1) is 16.3. The number of alkyl halides is 1. The summed E-state index contributed by atoms with van der Waals surface area (Å²) < 4.78 is 5.04. The number of carbonyl (C=O) groups is 1. The lowest BCUT2D eigenvalue weighted by Gasteiger charge is -2.03. The quantitative estimate of drug-likeness (QED) is 0.243. The molecule has 0 aliphatic heterocycles. The maximum absolute atomic E-state index is 11.3. The second-order valence-electron chi connectivity index (χ2n) is 4.09. The Morgan fingerprint density at radius 2 is 1.71 bits per heavy atom. The molecule has 0 spiro atoms. The molecule has 0 aromatic carbocycles. The van der Waals surface area contributed by atoms with E-state index in [1.807, 2.05) is 0 Å². The number of carbonyl (C=O) groups excluding carboxylic acids is 1. The van der Waals surface area contributed by atoms with E-state index in [1.165, 1.54) is 19.3 Å². The van der Waals surface area contributed by atoms with Crippen LogP contribution in [0.15, 0.2) is 0 Å². The number of rotatable bonds is 11. The van der Waals surface area contributed by atoms with Gasteiger partial charge in [0.25, 0.3) is 0 Å². The Hall–Kier alpha value is -0.680. The van der Waals surface area contributed by atoms with Gasteiger partial charge in [-0.25, -0.2) is 0 Å². The summed E-state index contributed by atoms with van der Waals surface area (Å²) in [5, 5.41) is 0. The van der Waals surface area contributed by atoms with Gasteiger partial charge in [0, 0.05) is 18.7 Å². The molecule has 3 heteroatoms. The number of hydrogen-bond acceptors (Lipinski definition) is 2. The second kappa shape index (κ2) is 13.4. The normalized spacial score (nSPS) is 9.88. The summed E-state index contributed by atoms with van der Waals surface area (Å²) in [6, 6.07) is 0. The fourth-order valence-corrected chi connectivity index (χ4v) is 1.69. The minimum absolute atomic E-state index is 0.0946. The third-order valence-electron chi connectivity index (χ3n) is 2.49. The van der Waals surface area contributed by atoms with Crippen LogP contribution in [0.5, 0.6) is 0 Å². The van der Waals surface area contributed by atoms with E-state index in [-0.39, 0.29) is 5.97 Å². The molecule has 0 saturated heterocycles. The predicted molar refractivity (Wildman–Crippen MR) is 72.1 cm³/mol. The van der Waals surface area contributed by atoms with Crippen LogP contribution in [0.2, 0.25) is 0 Å². The molecule has 0 amide bonds. The summed E-state index contributed by atoms with van der Waals surface area (Å²) in [5.74, 6) is 3.18. The minimum atomic E-state index is -0.0946. The van der Waals surface area contributed by atoms with E-state index in [0.29, 0.717) is 19.4 Å². The van der Waals surface area contributed by atoms with E-state index in [4.69, 9.17) is 22.8 Å². The Morgan fingerprint density at radius 1 is 1.06 bits per heavy atom. The van der Waals surface area contributed by atoms with Crippen LogP contribution in [0.1, 0.15) is 57.8 Å². The van der Waals surface area contributed by atoms with Crippen LogP contribution in [0.4, 0.5) is 0 Å². The average molecular weight is 259 g/mol. The van der Waals surface area contributed by atoms with Crippen molar-refractivity contribution in [3.05, 3.63) is 0 Å². The number of esters is 1. The molecule has 0 atom stereocenters. The van der Waals surface area contributed by atoms with Gasteiger partial charge in [-0.3, -0.25) is 4.79 Å². The molecule has 0 fully saturated rings. The number of ether oxygens (including phenoxy) is 1. The topological polar surface area (TPSA) is 26.3 Å². The monoisotopic (exact) mass is 258 g/mol. The van der Waals surface area contributed by atoms with Crippen molar-refractivity contribution in [2.45, 2.75) is 57.8 Å². The van der Waals surface area contributed by atoms with Crippen LogP contribution in [0.3, 0.4) is 0 Å². The molecule has 0 unspecified atom stereocenters. The number of halogens is 1. The van der Waals surface area contributed by atoms with E-state index in [1.54, 1.807) is 0 Å². The Labute approximate surface area is 110 Å². The average Bonchev–Trinajstić information content (AvgIpc) is 2.33. The standard InChI is InChI=1S/C14H23ClO2/c1-2-3-10-13-17-14(16)11-8-6-4-5-7-9-12-15/h1H,3-13H2. The fraction of sp³-hybridized carbons (Fsp3) is 0.786. The van der Waals surface area contributed by atoms with Crippen LogP contribution in [-0.2, 0) is 9.53 Å². The molecule has 0 rings (SSSR count). The van der Waals surface area contributed by atoms with Crippen LogP contribution < -0.4 is 0 Å². The molecule has 0 bridgehead atoms. The van der Waals surface area contributed by atoms with Gasteiger partial charge >= 0.3 is 5.97 Å². The van der Waals surface area contributed by atoms with Crippen molar-refractivity contribution in [3.8, 4) is 12.3 Å². The van der Waals surface area contributed by atoms with Gasteiger partial charge in [0.05, 0.1) is 6.61 Å². The van der Waals surface area contributed by atoms with Crippen molar-refractivity contribution in [2.24, 2.45) is 0 Å². The third-order valence-corrected chi connectivity index (χ3v) is 2.76. The van der Waals surface area contributed by atoms with Gasteiger partial charge in [-0.15, -0.1) is 23.9 Å². The molecular formula is C14H23ClO2. The van der Waals surface area contributed by atoms with Crippen molar-refractivity contribution in [2.75, 3.05) is 12.5 Å². The smallest absolute Gasteiger partial charge is 0.305 e. The van der Waals surface area contributed by atoms with Gasteiger partial charge in [0.1, 0.15) is 0 Å². The van der Waals surface area contributed by atoms with Gasteiger partial charge in [-0.2, -0.15) is 0 Å². The molecule has 0 radical (unpaired) electrons. The first-order chi connectivity index (χ1) is 8.31. The second-order valence-corrected chi connectivity index (χ2v) is 4.47. The highest BCUT2D eigenvalue weighted by Gasteiger charge is 2.01. The minimum Gasteiger partial charge on any atom is -0.466 e. The van der Waals surface area contributed by atoms with Crippen LogP contribution in [0, 0.1) is 12.3 Å². The molecule has 17 heavy (non-hydrogen) atoms. The SMILES string of the molecule is C#CCCCOC(=O)CCCCCCCCCl. The Balaban J connectivity index is 3.14. The molecule has 2 nitrogen and oxygen atoms in total. The Bertz CT molecular complexity index is 221. The van der Waals surface area contributed by atoms with Gasteiger partial charge in [-0.1, -0.05) is 25.7 Å². The molecule has 0 aliphatic carbocycles. The van der Waals surface area contributed by atoms with Gasteiger partial charge < -0.3 is 4.74 Å². The van der Waals surface area contributed by atoms with Crippen LogP contribution in [0.25, 0.3) is 0 Å². The summed E-state index contributed by atoms with van der Waals surface area (Å²) in [6.07, 6.45) is 13.8. The number of unbranched alkanes of at least 4 members (excludes halogenated alkanes) is 6. The zero-order valence-corrected chi connectivity index (χ0v) is 11.3. The highest BCUT2D eigenvalue weighted by molar-refractivity contribution is 6.17. The summed E-state index contributed by atoms with van der Waals surface area (Å²) in [7, 11) is 0. The molecule has 0 heterocycles. The van der Waals surface area contributed by atoms with E-state index >= 15 is 0 Å². The lowest BCUT2D eigenvalue weighted by atomic mass is 10.1. The van der Waals surface area contributed by atoms with Crippen molar-refractivity contribution in [3.63, 3.8) is 0 Å². The van der Waals surface area contributed by atoms with Gasteiger partial charge in [0.2, 0.25) is 0 Å². The first-order valence-corrected chi connectivity index (χ1v) is 6.99. The molecular weight excluding hydrogens is 236 g/mol. The highest BCUT2D eigenvalue weighted by Crippen LogP contribution is 2.08. The maximum atomic E-state index is 11.3. The van der Waals surface area contributed by atoms with Gasteiger partial charge in [-0.05, 0) is 19.3 Å². The molecule has 0 N–H and O–H groups in total. The number of terminal acetylenes is 1. The highest BCUT2D eigenvalue weighted by atomic mass is 35.5.